The highest BCUT2D eigenvalue weighted by molar-refractivity contribution is 6.02. The van der Waals surface area contributed by atoms with Crippen molar-refractivity contribution in [1.82, 2.24) is 0 Å². The zero-order valence-electron chi connectivity index (χ0n) is 22.5. The number of esters is 2. The molecule has 0 fully saturated rings. The van der Waals surface area contributed by atoms with Crippen LogP contribution in [0.5, 0.6) is 23.0 Å². The van der Waals surface area contributed by atoms with E-state index in [1.165, 1.54) is 21.0 Å². The number of methoxy groups -OCH3 is 1. The summed E-state index contributed by atoms with van der Waals surface area (Å²) in [4.78, 5) is 37.1. The third kappa shape index (κ3) is 5.20. The van der Waals surface area contributed by atoms with E-state index < -0.39 is 23.2 Å². The van der Waals surface area contributed by atoms with Gasteiger partial charge in [-0.05, 0) is 64.0 Å². The van der Waals surface area contributed by atoms with Crippen LogP contribution in [0.4, 0.5) is 0 Å². The highest BCUT2D eigenvalue weighted by atomic mass is 16.5. The van der Waals surface area contributed by atoms with E-state index in [0.29, 0.717) is 45.7 Å². The molecule has 0 N–H and O–H groups in total. The van der Waals surface area contributed by atoms with Gasteiger partial charge >= 0.3 is 17.6 Å². The third-order valence-electron chi connectivity index (χ3n) is 5.93. The molecular formula is C30H30O8. The Morgan fingerprint density at radius 2 is 1.63 bits per heavy atom. The number of ether oxygens (including phenoxy) is 4. The second kappa shape index (κ2) is 10.2. The molecule has 0 spiro atoms. The number of hydrogen-bond donors (Lipinski definition) is 0. The van der Waals surface area contributed by atoms with E-state index in [0.717, 1.165) is 5.57 Å². The predicted octanol–water partition coefficient (Wildman–Crippen LogP) is 6.01. The molecular weight excluding hydrogens is 488 g/mol. The molecule has 0 unspecified atom stereocenters. The maximum absolute atomic E-state index is 13.5. The number of hydrogen-bond acceptors (Lipinski definition) is 8. The third-order valence-corrected chi connectivity index (χ3v) is 5.93. The molecule has 0 saturated heterocycles. The summed E-state index contributed by atoms with van der Waals surface area (Å²) >= 11 is 0. The molecule has 0 aliphatic carbocycles. The number of rotatable bonds is 6. The first kappa shape index (κ1) is 26.7. The average molecular weight is 519 g/mol. The van der Waals surface area contributed by atoms with Gasteiger partial charge in [0.2, 0.25) is 0 Å². The molecule has 1 aliphatic rings. The number of benzene rings is 2. The minimum atomic E-state index is -0.708. The molecule has 0 amide bonds. The summed E-state index contributed by atoms with van der Waals surface area (Å²) in [7, 11) is 1.49. The lowest BCUT2D eigenvalue weighted by Crippen LogP contribution is -2.28. The second-order valence-electron chi connectivity index (χ2n) is 9.79. The number of carbonyl (C=O) groups excluding carboxylic acids is 2. The number of fused-ring (bicyclic) bond motifs is 2. The summed E-state index contributed by atoms with van der Waals surface area (Å²) in [5.74, 6) is 0.116. The summed E-state index contributed by atoms with van der Waals surface area (Å²) in [6.45, 7) is 10.4. The Kier molecular flexibility index (Phi) is 7.18. The lowest BCUT2D eigenvalue weighted by atomic mass is 9.93. The Labute approximate surface area is 220 Å². The largest absolute Gasteiger partial charge is 0.495 e. The van der Waals surface area contributed by atoms with Gasteiger partial charge in [-0.15, -0.1) is 0 Å². The summed E-state index contributed by atoms with van der Waals surface area (Å²) in [6.07, 6.45) is 6.23. The van der Waals surface area contributed by atoms with Crippen LogP contribution in [0.3, 0.4) is 0 Å². The van der Waals surface area contributed by atoms with E-state index in [1.54, 1.807) is 24.3 Å². The minimum Gasteiger partial charge on any atom is -0.495 e. The lowest BCUT2D eigenvalue weighted by Gasteiger charge is -2.31. The van der Waals surface area contributed by atoms with Crippen molar-refractivity contribution in [1.29, 1.82) is 0 Å². The van der Waals surface area contributed by atoms with E-state index in [-0.39, 0.29) is 16.9 Å². The number of carbonyl (C=O) groups is 2. The van der Waals surface area contributed by atoms with Gasteiger partial charge in [0.15, 0.2) is 11.3 Å². The van der Waals surface area contributed by atoms with Gasteiger partial charge in [-0.3, -0.25) is 9.59 Å². The van der Waals surface area contributed by atoms with Crippen molar-refractivity contribution in [2.45, 2.75) is 53.6 Å². The summed E-state index contributed by atoms with van der Waals surface area (Å²) < 4.78 is 28.9. The summed E-state index contributed by atoms with van der Waals surface area (Å²) in [5.41, 5.74) is 1.70. The molecule has 1 aliphatic heterocycles. The Morgan fingerprint density at radius 1 is 0.974 bits per heavy atom. The lowest BCUT2D eigenvalue weighted by molar-refractivity contribution is -0.132. The molecule has 4 rings (SSSR count). The van der Waals surface area contributed by atoms with Crippen molar-refractivity contribution < 1.29 is 33.0 Å². The van der Waals surface area contributed by atoms with Crippen LogP contribution in [0, 0.1) is 0 Å². The van der Waals surface area contributed by atoms with Crippen LogP contribution >= 0.6 is 0 Å². The molecule has 38 heavy (non-hydrogen) atoms. The van der Waals surface area contributed by atoms with Crippen molar-refractivity contribution in [3.8, 4) is 34.1 Å². The smallest absolute Gasteiger partial charge is 0.348 e. The quantitative estimate of drug-likeness (QED) is 0.169. The van der Waals surface area contributed by atoms with Crippen LogP contribution in [0.2, 0.25) is 0 Å². The summed E-state index contributed by atoms with van der Waals surface area (Å²) in [6, 6.07) is 6.26. The van der Waals surface area contributed by atoms with Gasteiger partial charge in [-0.1, -0.05) is 23.8 Å². The van der Waals surface area contributed by atoms with Gasteiger partial charge in [-0.2, -0.15) is 0 Å². The molecule has 198 valence electrons. The minimum absolute atomic E-state index is 0.0142. The van der Waals surface area contributed by atoms with E-state index >= 15 is 0 Å². The first-order chi connectivity index (χ1) is 17.9. The molecule has 2 aromatic carbocycles. The van der Waals surface area contributed by atoms with Crippen LogP contribution in [-0.2, 0) is 16.0 Å². The molecule has 0 bridgehead atoms. The monoisotopic (exact) mass is 518 g/mol. The van der Waals surface area contributed by atoms with Crippen LogP contribution in [-0.4, -0.2) is 24.6 Å². The van der Waals surface area contributed by atoms with Crippen LogP contribution < -0.4 is 24.6 Å². The van der Waals surface area contributed by atoms with Crippen LogP contribution in [0.1, 0.15) is 52.7 Å². The molecule has 8 heteroatoms. The Balaban J connectivity index is 2.13. The van der Waals surface area contributed by atoms with E-state index in [4.69, 9.17) is 23.4 Å². The SMILES string of the molecule is COc1c2c(c(CC=C(C)C)c3oc(=O)c(-c4ccc(OC(C)=O)cc4)c(OC(C)=O)c13)OC(C)(C)C=C2. The fourth-order valence-electron chi connectivity index (χ4n) is 4.34. The maximum Gasteiger partial charge on any atom is 0.348 e. The zero-order chi connectivity index (χ0) is 27.8. The highest BCUT2D eigenvalue weighted by Gasteiger charge is 2.33. The molecule has 3 aromatic rings. The van der Waals surface area contributed by atoms with Gasteiger partial charge in [0.25, 0.3) is 0 Å². The topological polar surface area (TPSA) is 101 Å². The van der Waals surface area contributed by atoms with Crippen molar-refractivity contribution in [3.05, 3.63) is 63.5 Å². The van der Waals surface area contributed by atoms with Gasteiger partial charge in [0, 0.05) is 19.4 Å². The summed E-state index contributed by atoms with van der Waals surface area (Å²) in [5, 5.41) is 0.338. The van der Waals surface area contributed by atoms with Crippen molar-refractivity contribution in [3.63, 3.8) is 0 Å². The Hall–Kier alpha value is -4.33. The zero-order valence-corrected chi connectivity index (χ0v) is 22.5. The van der Waals surface area contributed by atoms with Gasteiger partial charge in [0.05, 0.1) is 12.7 Å². The molecule has 0 radical (unpaired) electrons. The van der Waals surface area contributed by atoms with E-state index in [2.05, 4.69) is 0 Å². The number of allylic oxidation sites excluding steroid dienone is 2. The fourth-order valence-corrected chi connectivity index (χ4v) is 4.34. The molecule has 0 atom stereocenters. The maximum atomic E-state index is 13.5. The van der Waals surface area contributed by atoms with Gasteiger partial charge in [0.1, 0.15) is 33.8 Å². The molecule has 8 nitrogen and oxygen atoms in total. The molecule has 2 heterocycles. The fraction of sp³-hybridized carbons (Fsp3) is 0.300. The average Bonchev–Trinajstić information content (AvgIpc) is 2.81. The van der Waals surface area contributed by atoms with Crippen molar-refractivity contribution >= 4 is 29.0 Å². The first-order valence-corrected chi connectivity index (χ1v) is 12.1. The van der Waals surface area contributed by atoms with Gasteiger partial charge in [-0.25, -0.2) is 4.79 Å². The molecule has 1 aromatic heterocycles. The Morgan fingerprint density at radius 3 is 2.21 bits per heavy atom. The second-order valence-corrected chi connectivity index (χ2v) is 9.79. The van der Waals surface area contributed by atoms with Crippen molar-refractivity contribution in [2.75, 3.05) is 7.11 Å². The van der Waals surface area contributed by atoms with E-state index in [9.17, 15) is 14.4 Å². The first-order valence-electron chi connectivity index (χ1n) is 12.1. The van der Waals surface area contributed by atoms with E-state index in [1.807, 2.05) is 45.9 Å². The predicted molar refractivity (Wildman–Crippen MR) is 144 cm³/mol. The molecule has 0 saturated carbocycles. The van der Waals surface area contributed by atoms with Gasteiger partial charge < -0.3 is 23.4 Å². The highest BCUT2D eigenvalue weighted by Crippen LogP contribution is 2.50. The van der Waals surface area contributed by atoms with Crippen molar-refractivity contribution in [2.24, 2.45) is 0 Å². The normalized spacial score (nSPS) is 13.3. The standard InChI is InChI=1S/C30H30O8/c1-16(2)8-13-21-25-22(14-15-30(5,6)38-25)26(34-7)24-27(21)37-29(33)23(28(24)36-18(4)32)19-9-11-20(12-10-19)35-17(3)31/h8-12,14-15H,13H2,1-7H3. The van der Waals surface area contributed by atoms with Crippen LogP contribution in [0.15, 0.2) is 51.2 Å². The van der Waals surface area contributed by atoms with Crippen LogP contribution in [0.25, 0.3) is 28.2 Å². The Bertz CT molecular complexity index is 1550.